The van der Waals surface area contributed by atoms with Gasteiger partial charge < -0.3 is 19.3 Å². The molecule has 0 aliphatic heterocycles. The van der Waals surface area contributed by atoms with Gasteiger partial charge in [0.05, 0.1) is 18.0 Å². The summed E-state index contributed by atoms with van der Waals surface area (Å²) in [7, 11) is 4.72. The van der Waals surface area contributed by atoms with Crippen LogP contribution in [0.25, 0.3) is 10.9 Å². The zero-order valence-corrected chi connectivity index (χ0v) is 16.3. The van der Waals surface area contributed by atoms with E-state index in [9.17, 15) is 14.7 Å². The van der Waals surface area contributed by atoms with Crippen LogP contribution in [0.1, 0.15) is 10.4 Å². The van der Waals surface area contributed by atoms with Crippen molar-refractivity contribution in [1.29, 1.82) is 0 Å². The average Bonchev–Trinajstić information content (AvgIpc) is 2.71. The van der Waals surface area contributed by atoms with Gasteiger partial charge in [-0.3, -0.25) is 9.59 Å². The smallest absolute Gasteiger partial charge is 0.267 e. The van der Waals surface area contributed by atoms with Crippen molar-refractivity contribution in [2.24, 2.45) is 7.05 Å². The van der Waals surface area contributed by atoms with Crippen LogP contribution in [0.4, 0.5) is 5.69 Å². The molecule has 0 aliphatic rings. The van der Waals surface area contributed by atoms with Crippen LogP contribution in [-0.4, -0.2) is 36.0 Å². The van der Waals surface area contributed by atoms with E-state index in [2.05, 4.69) is 0 Å². The Bertz CT molecular complexity index is 1070. The molecular formula is C20H20N2O4S. The summed E-state index contributed by atoms with van der Waals surface area (Å²) in [6, 6.07) is 12.3. The van der Waals surface area contributed by atoms with Crippen molar-refractivity contribution < 1.29 is 14.6 Å². The lowest BCUT2D eigenvalue weighted by Crippen LogP contribution is -2.34. The molecule has 0 spiro atoms. The second-order valence-corrected chi connectivity index (χ2v) is 6.85. The summed E-state index contributed by atoms with van der Waals surface area (Å²) in [5.41, 5.74) is 0.377. The number of aromatic nitrogens is 1. The molecule has 0 bridgehead atoms. The summed E-state index contributed by atoms with van der Waals surface area (Å²) in [6.45, 7) is 0. The van der Waals surface area contributed by atoms with Crippen LogP contribution < -0.4 is 15.2 Å². The number of hydrogen-bond donors (Lipinski definition) is 1. The number of fused-ring (bicyclic) bond motifs is 1. The predicted molar refractivity (Wildman–Crippen MR) is 108 cm³/mol. The van der Waals surface area contributed by atoms with E-state index in [0.29, 0.717) is 22.3 Å². The van der Waals surface area contributed by atoms with E-state index in [1.54, 1.807) is 51.5 Å². The van der Waals surface area contributed by atoms with E-state index in [1.807, 2.05) is 18.4 Å². The number of amides is 1. The zero-order chi connectivity index (χ0) is 19.7. The highest BCUT2D eigenvalue weighted by Gasteiger charge is 2.25. The molecule has 1 N–H and O–H groups in total. The summed E-state index contributed by atoms with van der Waals surface area (Å²) in [5.74, 6) is -0.201. The Kier molecular flexibility index (Phi) is 5.14. The number of hydrogen-bond acceptors (Lipinski definition) is 5. The van der Waals surface area contributed by atoms with Crippen LogP contribution in [0.15, 0.2) is 52.2 Å². The number of benzene rings is 2. The van der Waals surface area contributed by atoms with Gasteiger partial charge >= 0.3 is 0 Å². The number of carbonyl (C=O) groups is 1. The van der Waals surface area contributed by atoms with Gasteiger partial charge in [-0.25, -0.2) is 0 Å². The second kappa shape index (κ2) is 7.36. The first-order chi connectivity index (χ1) is 12.9. The highest BCUT2D eigenvalue weighted by atomic mass is 32.2. The number of carbonyl (C=O) groups excluding carboxylic acids is 1. The van der Waals surface area contributed by atoms with Crippen LogP contribution in [0.2, 0.25) is 0 Å². The predicted octanol–water partition coefficient (Wildman–Crippen LogP) is 3.25. The largest absolute Gasteiger partial charge is 0.506 e. The Morgan fingerprint density at radius 3 is 2.44 bits per heavy atom. The molecule has 0 unspecified atom stereocenters. The number of ether oxygens (including phenoxy) is 1. The maximum Gasteiger partial charge on any atom is 0.267 e. The molecule has 7 heteroatoms. The van der Waals surface area contributed by atoms with E-state index in [-0.39, 0.29) is 11.3 Å². The number of aromatic hydroxyl groups is 1. The summed E-state index contributed by atoms with van der Waals surface area (Å²) in [5, 5.41) is 11.3. The molecule has 1 amide bonds. The molecule has 3 rings (SSSR count). The van der Waals surface area contributed by atoms with Gasteiger partial charge in [-0.2, -0.15) is 0 Å². The minimum atomic E-state index is -0.573. The number of aryl methyl sites for hydroxylation is 1. The molecule has 27 heavy (non-hydrogen) atoms. The number of methoxy groups -OCH3 is 1. The third kappa shape index (κ3) is 3.14. The normalized spacial score (nSPS) is 10.8. The first-order valence-corrected chi connectivity index (χ1v) is 9.44. The van der Waals surface area contributed by atoms with Gasteiger partial charge in [0.2, 0.25) is 0 Å². The Morgan fingerprint density at radius 1 is 1.19 bits per heavy atom. The van der Waals surface area contributed by atoms with Gasteiger partial charge in [-0.1, -0.05) is 6.07 Å². The second-order valence-electron chi connectivity index (χ2n) is 6.00. The van der Waals surface area contributed by atoms with Crippen LogP contribution in [0, 0.1) is 0 Å². The van der Waals surface area contributed by atoms with E-state index in [4.69, 9.17) is 4.74 Å². The molecule has 0 aliphatic carbocycles. The van der Waals surface area contributed by atoms with Crippen LogP contribution in [0.3, 0.4) is 0 Å². The van der Waals surface area contributed by atoms with Crippen molar-refractivity contribution in [2.75, 3.05) is 25.3 Å². The Morgan fingerprint density at radius 2 is 1.85 bits per heavy atom. The standard InChI is InChI=1S/C20H20N2O4S/c1-21(12-8-10-13(26-3)11-9-12)19(24)17-18(23)16-14(22(2)20(17)25)6-5-7-15(16)27-4/h5-11,23H,1-4H3. The SMILES string of the molecule is COc1ccc(N(C)C(=O)c2c(O)c3c(SC)cccc3n(C)c2=O)cc1. The van der Waals surface area contributed by atoms with Crippen molar-refractivity contribution in [1.82, 2.24) is 4.57 Å². The fourth-order valence-electron chi connectivity index (χ4n) is 2.99. The Hall–Kier alpha value is -2.93. The maximum absolute atomic E-state index is 13.1. The third-order valence-electron chi connectivity index (χ3n) is 4.56. The molecule has 3 aromatic rings. The first kappa shape index (κ1) is 18.8. The molecule has 0 saturated heterocycles. The summed E-state index contributed by atoms with van der Waals surface area (Å²) < 4.78 is 6.52. The topological polar surface area (TPSA) is 71.8 Å². The molecule has 1 aromatic heterocycles. The Labute approximate surface area is 161 Å². The molecule has 0 radical (unpaired) electrons. The minimum absolute atomic E-state index is 0.246. The molecule has 0 saturated carbocycles. The lowest BCUT2D eigenvalue weighted by molar-refractivity contribution is 0.0988. The van der Waals surface area contributed by atoms with Gasteiger partial charge in [0, 0.05) is 24.7 Å². The lowest BCUT2D eigenvalue weighted by atomic mass is 10.1. The van der Waals surface area contributed by atoms with E-state index >= 15 is 0 Å². The summed E-state index contributed by atoms with van der Waals surface area (Å²) in [6.07, 6.45) is 1.88. The van der Waals surface area contributed by atoms with E-state index in [1.165, 1.54) is 21.2 Å². The number of nitrogens with zero attached hydrogens (tertiary/aromatic N) is 2. The summed E-state index contributed by atoms with van der Waals surface area (Å²) >= 11 is 1.44. The van der Waals surface area contributed by atoms with Gasteiger partial charge in [-0.05, 0) is 42.7 Å². The maximum atomic E-state index is 13.1. The highest BCUT2D eigenvalue weighted by molar-refractivity contribution is 7.98. The van der Waals surface area contributed by atoms with Crippen molar-refractivity contribution in [3.05, 3.63) is 58.4 Å². The van der Waals surface area contributed by atoms with Gasteiger partial charge in [0.15, 0.2) is 0 Å². The van der Waals surface area contributed by atoms with Crippen LogP contribution in [-0.2, 0) is 7.05 Å². The van der Waals surface area contributed by atoms with Crippen LogP contribution in [0.5, 0.6) is 11.5 Å². The third-order valence-corrected chi connectivity index (χ3v) is 5.34. The van der Waals surface area contributed by atoms with Gasteiger partial charge in [-0.15, -0.1) is 11.8 Å². The highest BCUT2D eigenvalue weighted by Crippen LogP contribution is 2.34. The minimum Gasteiger partial charge on any atom is -0.506 e. The number of pyridine rings is 1. The van der Waals surface area contributed by atoms with Crippen molar-refractivity contribution in [3.8, 4) is 11.5 Å². The van der Waals surface area contributed by atoms with Crippen molar-refractivity contribution in [3.63, 3.8) is 0 Å². The fourth-order valence-corrected chi connectivity index (χ4v) is 3.61. The quantitative estimate of drug-likeness (QED) is 0.699. The molecule has 0 atom stereocenters. The molecule has 1 heterocycles. The number of rotatable bonds is 4. The Balaban J connectivity index is 2.18. The zero-order valence-electron chi connectivity index (χ0n) is 15.5. The first-order valence-electron chi connectivity index (χ1n) is 8.21. The molecule has 140 valence electrons. The molecule has 2 aromatic carbocycles. The van der Waals surface area contributed by atoms with E-state index < -0.39 is 11.5 Å². The van der Waals surface area contributed by atoms with Crippen LogP contribution >= 0.6 is 11.8 Å². The summed E-state index contributed by atoms with van der Waals surface area (Å²) in [4.78, 5) is 28.0. The number of anilines is 1. The van der Waals surface area contributed by atoms with Gasteiger partial charge in [0.25, 0.3) is 11.5 Å². The monoisotopic (exact) mass is 384 g/mol. The van der Waals surface area contributed by atoms with Gasteiger partial charge in [0.1, 0.15) is 17.1 Å². The molecular weight excluding hydrogens is 364 g/mol. The number of thioether (sulfide) groups is 1. The van der Waals surface area contributed by atoms with E-state index in [0.717, 1.165) is 4.90 Å². The molecule has 6 nitrogen and oxygen atoms in total. The molecule has 0 fully saturated rings. The fraction of sp³-hybridized carbons (Fsp3) is 0.200. The average molecular weight is 384 g/mol. The van der Waals surface area contributed by atoms with Crippen molar-refractivity contribution >= 4 is 34.3 Å². The lowest BCUT2D eigenvalue weighted by Gasteiger charge is -2.20. The van der Waals surface area contributed by atoms with Crippen molar-refractivity contribution in [2.45, 2.75) is 4.90 Å².